The molecule has 2 aromatic heterocycles. The van der Waals surface area contributed by atoms with E-state index in [0.717, 1.165) is 22.6 Å². The predicted molar refractivity (Wildman–Crippen MR) is 93.7 cm³/mol. The number of esters is 1. The third kappa shape index (κ3) is 3.65. The SMILES string of the molecule is COC(=O)c1ccc(NCc2ccccc2-n2nc(C)cc2C)nn1. The van der Waals surface area contributed by atoms with Crippen LogP contribution >= 0.6 is 0 Å². The third-order valence-corrected chi connectivity index (χ3v) is 3.75. The summed E-state index contributed by atoms with van der Waals surface area (Å²) in [6.45, 7) is 4.56. The first kappa shape index (κ1) is 16.6. The summed E-state index contributed by atoms with van der Waals surface area (Å²) in [5.74, 6) is 0.0738. The molecule has 3 aromatic rings. The first-order valence-electron chi connectivity index (χ1n) is 7.86. The zero-order valence-electron chi connectivity index (χ0n) is 14.4. The Morgan fingerprint density at radius 2 is 1.96 bits per heavy atom. The molecule has 0 saturated heterocycles. The van der Waals surface area contributed by atoms with E-state index in [4.69, 9.17) is 0 Å². The quantitative estimate of drug-likeness (QED) is 0.721. The van der Waals surface area contributed by atoms with Gasteiger partial charge in [0.05, 0.1) is 18.5 Å². The fourth-order valence-corrected chi connectivity index (χ4v) is 2.57. The number of nitrogens with zero attached hydrogens (tertiary/aromatic N) is 4. The number of hydrogen-bond donors (Lipinski definition) is 1. The molecule has 0 aliphatic heterocycles. The van der Waals surface area contributed by atoms with Gasteiger partial charge in [0.15, 0.2) is 5.69 Å². The standard InChI is InChI=1S/C18H19N5O2/c1-12-10-13(2)23(22-12)16-7-5-4-6-14(16)11-19-17-9-8-15(20-21-17)18(24)25-3/h4-10H,11H2,1-3H3,(H,19,21). The number of ether oxygens (including phenoxy) is 1. The Bertz CT molecular complexity index is 887. The van der Waals surface area contributed by atoms with E-state index < -0.39 is 5.97 Å². The van der Waals surface area contributed by atoms with Gasteiger partial charge in [-0.2, -0.15) is 5.10 Å². The monoisotopic (exact) mass is 337 g/mol. The second-order valence-electron chi connectivity index (χ2n) is 5.62. The number of aryl methyl sites for hydroxylation is 2. The van der Waals surface area contributed by atoms with Crippen molar-refractivity contribution in [3.05, 3.63) is 65.1 Å². The number of para-hydroxylation sites is 1. The van der Waals surface area contributed by atoms with Gasteiger partial charge in [-0.25, -0.2) is 9.48 Å². The molecule has 7 heteroatoms. The molecule has 1 N–H and O–H groups in total. The fourth-order valence-electron chi connectivity index (χ4n) is 2.57. The molecule has 25 heavy (non-hydrogen) atoms. The van der Waals surface area contributed by atoms with Crippen LogP contribution in [0.15, 0.2) is 42.5 Å². The van der Waals surface area contributed by atoms with E-state index >= 15 is 0 Å². The van der Waals surface area contributed by atoms with Crippen LogP contribution in [0.25, 0.3) is 5.69 Å². The fraction of sp³-hybridized carbons (Fsp3) is 0.222. The average Bonchev–Trinajstić information content (AvgIpc) is 2.98. The maximum atomic E-state index is 11.4. The van der Waals surface area contributed by atoms with Gasteiger partial charge in [-0.05, 0) is 43.7 Å². The van der Waals surface area contributed by atoms with Crippen LogP contribution < -0.4 is 5.32 Å². The molecule has 0 spiro atoms. The van der Waals surface area contributed by atoms with Crippen molar-refractivity contribution in [2.24, 2.45) is 0 Å². The Morgan fingerprint density at radius 1 is 1.16 bits per heavy atom. The van der Waals surface area contributed by atoms with Crippen LogP contribution in [0.3, 0.4) is 0 Å². The molecule has 0 amide bonds. The molecule has 3 rings (SSSR count). The lowest BCUT2D eigenvalue weighted by Crippen LogP contribution is -2.10. The van der Waals surface area contributed by atoms with Gasteiger partial charge in [-0.3, -0.25) is 0 Å². The van der Waals surface area contributed by atoms with Crippen molar-refractivity contribution in [3.8, 4) is 5.69 Å². The molecule has 0 aliphatic carbocycles. The van der Waals surface area contributed by atoms with Gasteiger partial charge >= 0.3 is 5.97 Å². The van der Waals surface area contributed by atoms with Gasteiger partial charge in [0, 0.05) is 12.2 Å². The lowest BCUT2D eigenvalue weighted by atomic mass is 10.1. The van der Waals surface area contributed by atoms with Crippen LogP contribution in [0.4, 0.5) is 5.82 Å². The molecule has 1 aromatic carbocycles. The van der Waals surface area contributed by atoms with E-state index in [-0.39, 0.29) is 5.69 Å². The highest BCUT2D eigenvalue weighted by molar-refractivity contribution is 5.86. The molecule has 0 bridgehead atoms. The molecule has 2 heterocycles. The summed E-state index contributed by atoms with van der Waals surface area (Å²) < 4.78 is 6.54. The Kier molecular flexibility index (Phi) is 4.74. The predicted octanol–water partition coefficient (Wildman–Crippen LogP) is 2.68. The molecular formula is C18H19N5O2. The second-order valence-corrected chi connectivity index (χ2v) is 5.62. The molecule has 0 radical (unpaired) electrons. The van der Waals surface area contributed by atoms with Crippen molar-refractivity contribution in [2.75, 3.05) is 12.4 Å². The van der Waals surface area contributed by atoms with Crippen LogP contribution in [0.2, 0.25) is 0 Å². The Hall–Kier alpha value is -3.22. The molecule has 0 unspecified atom stereocenters. The summed E-state index contributed by atoms with van der Waals surface area (Å²) in [7, 11) is 1.31. The minimum absolute atomic E-state index is 0.177. The normalized spacial score (nSPS) is 10.5. The highest BCUT2D eigenvalue weighted by Crippen LogP contribution is 2.18. The largest absolute Gasteiger partial charge is 0.464 e. The van der Waals surface area contributed by atoms with E-state index in [1.807, 2.05) is 48.9 Å². The Labute approximate surface area is 145 Å². The highest BCUT2D eigenvalue weighted by atomic mass is 16.5. The Morgan fingerprint density at radius 3 is 2.60 bits per heavy atom. The molecular weight excluding hydrogens is 318 g/mol. The van der Waals surface area contributed by atoms with E-state index in [1.54, 1.807) is 12.1 Å². The van der Waals surface area contributed by atoms with Gasteiger partial charge < -0.3 is 10.1 Å². The number of nitrogens with one attached hydrogen (secondary N) is 1. The molecule has 0 saturated carbocycles. The molecule has 0 atom stereocenters. The second kappa shape index (κ2) is 7.12. The smallest absolute Gasteiger partial charge is 0.358 e. The zero-order chi connectivity index (χ0) is 17.8. The maximum Gasteiger partial charge on any atom is 0.358 e. The lowest BCUT2D eigenvalue weighted by molar-refractivity contribution is 0.0593. The van der Waals surface area contributed by atoms with Crippen LogP contribution in [-0.2, 0) is 11.3 Å². The van der Waals surface area contributed by atoms with Crippen LogP contribution in [-0.4, -0.2) is 33.1 Å². The van der Waals surface area contributed by atoms with Crippen molar-refractivity contribution in [1.29, 1.82) is 0 Å². The molecule has 128 valence electrons. The average molecular weight is 337 g/mol. The van der Waals surface area contributed by atoms with Gasteiger partial charge in [0.2, 0.25) is 0 Å². The van der Waals surface area contributed by atoms with Gasteiger partial charge in [-0.15, -0.1) is 10.2 Å². The van der Waals surface area contributed by atoms with Crippen LogP contribution in [0.1, 0.15) is 27.4 Å². The van der Waals surface area contributed by atoms with E-state index in [1.165, 1.54) is 7.11 Å². The zero-order valence-corrected chi connectivity index (χ0v) is 14.4. The summed E-state index contributed by atoms with van der Waals surface area (Å²) in [5, 5.41) is 15.6. The molecule has 7 nitrogen and oxygen atoms in total. The maximum absolute atomic E-state index is 11.4. The number of rotatable bonds is 5. The van der Waals surface area contributed by atoms with E-state index in [9.17, 15) is 4.79 Å². The number of hydrogen-bond acceptors (Lipinski definition) is 6. The number of carbonyl (C=O) groups excluding carboxylic acids is 1. The summed E-state index contributed by atoms with van der Waals surface area (Å²) >= 11 is 0. The highest BCUT2D eigenvalue weighted by Gasteiger charge is 2.10. The summed E-state index contributed by atoms with van der Waals surface area (Å²) in [4.78, 5) is 11.4. The van der Waals surface area contributed by atoms with Crippen molar-refractivity contribution in [2.45, 2.75) is 20.4 Å². The summed E-state index contributed by atoms with van der Waals surface area (Å²) in [6.07, 6.45) is 0. The lowest BCUT2D eigenvalue weighted by Gasteiger charge is -2.12. The number of aromatic nitrogens is 4. The van der Waals surface area contributed by atoms with E-state index in [2.05, 4.69) is 25.3 Å². The van der Waals surface area contributed by atoms with Gasteiger partial charge in [0.25, 0.3) is 0 Å². The minimum atomic E-state index is -0.506. The Balaban J connectivity index is 1.78. The first-order valence-corrected chi connectivity index (χ1v) is 7.86. The summed E-state index contributed by atoms with van der Waals surface area (Å²) in [5.41, 5.74) is 4.32. The minimum Gasteiger partial charge on any atom is -0.464 e. The topological polar surface area (TPSA) is 81.9 Å². The van der Waals surface area contributed by atoms with Crippen molar-refractivity contribution in [3.63, 3.8) is 0 Å². The van der Waals surface area contributed by atoms with Crippen LogP contribution in [0, 0.1) is 13.8 Å². The number of carbonyl (C=O) groups is 1. The summed E-state index contributed by atoms with van der Waals surface area (Å²) in [6, 6.07) is 13.4. The van der Waals surface area contributed by atoms with Gasteiger partial charge in [-0.1, -0.05) is 18.2 Å². The van der Waals surface area contributed by atoms with Crippen LogP contribution in [0.5, 0.6) is 0 Å². The number of methoxy groups -OCH3 is 1. The molecule has 0 fully saturated rings. The van der Waals surface area contributed by atoms with Gasteiger partial charge in [0.1, 0.15) is 5.82 Å². The molecule has 0 aliphatic rings. The van der Waals surface area contributed by atoms with E-state index in [0.29, 0.717) is 12.4 Å². The van der Waals surface area contributed by atoms with Crippen molar-refractivity contribution in [1.82, 2.24) is 20.0 Å². The first-order chi connectivity index (χ1) is 12.1. The number of benzene rings is 1. The third-order valence-electron chi connectivity index (χ3n) is 3.75. The van der Waals surface area contributed by atoms with Crippen molar-refractivity contribution < 1.29 is 9.53 Å². The number of anilines is 1. The van der Waals surface area contributed by atoms with Crippen molar-refractivity contribution >= 4 is 11.8 Å².